The lowest BCUT2D eigenvalue weighted by Crippen LogP contribution is -2.51. The minimum absolute atomic E-state index is 0.0122. The maximum absolute atomic E-state index is 13.1. The molecule has 6 atom stereocenters. The van der Waals surface area contributed by atoms with E-state index in [-0.39, 0.29) is 41.5 Å². The van der Waals surface area contributed by atoms with Gasteiger partial charge in [0.25, 0.3) is 10.1 Å². The fraction of sp³-hybridized carbons (Fsp3) is 0.625. The first-order valence-corrected chi connectivity index (χ1v) is 19.0. The number of hydrogen-bond acceptors (Lipinski definition) is 7. The van der Waals surface area contributed by atoms with Gasteiger partial charge in [0.1, 0.15) is 5.75 Å². The highest BCUT2D eigenvalue weighted by atomic mass is 32.2. The first kappa shape index (κ1) is 33.7. The Bertz CT molecular complexity index is 1160. The van der Waals surface area contributed by atoms with Crippen LogP contribution in [-0.4, -0.2) is 49.3 Å². The first-order valence-electron chi connectivity index (χ1n) is 15.1. The molecular weight excluding hydrogens is 556 g/mol. The van der Waals surface area contributed by atoms with E-state index in [0.29, 0.717) is 6.61 Å². The van der Waals surface area contributed by atoms with E-state index >= 15 is 0 Å². The lowest BCUT2D eigenvalue weighted by Gasteiger charge is -2.45. The molecule has 7 nitrogen and oxygen atoms in total. The average molecular weight is 607 g/mol. The molecule has 0 N–H and O–H groups in total. The van der Waals surface area contributed by atoms with Crippen LogP contribution in [0.3, 0.4) is 0 Å². The van der Waals surface area contributed by atoms with Gasteiger partial charge in [-0.1, -0.05) is 71.4 Å². The van der Waals surface area contributed by atoms with Gasteiger partial charge in [-0.2, -0.15) is 8.42 Å². The summed E-state index contributed by atoms with van der Waals surface area (Å²) in [4.78, 5) is 0.173. The Labute approximate surface area is 249 Å². The van der Waals surface area contributed by atoms with Gasteiger partial charge in [0.15, 0.2) is 14.6 Å². The smallest absolute Gasteiger partial charge is 0.296 e. The van der Waals surface area contributed by atoms with Crippen molar-refractivity contribution < 1.29 is 31.2 Å². The Hall–Kier alpha value is -1.75. The highest BCUT2D eigenvalue weighted by molar-refractivity contribution is 7.86. The van der Waals surface area contributed by atoms with Gasteiger partial charge in [0.05, 0.1) is 37.4 Å². The topological polar surface area (TPSA) is 80.3 Å². The summed E-state index contributed by atoms with van der Waals surface area (Å²) in [6, 6.07) is 17.5. The number of methoxy groups -OCH3 is 1. The molecular formula is C32H50O7SSi. The minimum Gasteiger partial charge on any atom is -0.497 e. The van der Waals surface area contributed by atoms with Gasteiger partial charge in [-0.3, -0.25) is 4.18 Å². The van der Waals surface area contributed by atoms with E-state index in [9.17, 15) is 8.42 Å². The van der Waals surface area contributed by atoms with Crippen LogP contribution in [0.1, 0.15) is 65.4 Å². The molecule has 2 aromatic rings. The van der Waals surface area contributed by atoms with Crippen LogP contribution < -0.4 is 4.74 Å². The molecule has 0 bridgehead atoms. The monoisotopic (exact) mass is 606 g/mol. The molecule has 1 fully saturated rings. The molecule has 1 aliphatic rings. The largest absolute Gasteiger partial charge is 0.497 e. The van der Waals surface area contributed by atoms with Crippen LogP contribution in [0.25, 0.3) is 0 Å². The molecule has 9 heteroatoms. The van der Waals surface area contributed by atoms with E-state index in [1.165, 1.54) is 0 Å². The Balaban J connectivity index is 1.88. The fourth-order valence-electron chi connectivity index (χ4n) is 5.73. The maximum atomic E-state index is 13.1. The predicted octanol–water partition coefficient (Wildman–Crippen LogP) is 7.51. The van der Waals surface area contributed by atoms with Gasteiger partial charge in [0.2, 0.25) is 0 Å². The zero-order valence-electron chi connectivity index (χ0n) is 26.1. The van der Waals surface area contributed by atoms with Gasteiger partial charge < -0.3 is 18.6 Å². The standard InChI is InChI=1S/C32H50O7SSi/c1-9-26(22-37-40(33,34)29-19-13-23(5)14-20-29)31(39-41(10-2,11-3)12-4)25(7)30-24(6)21-36-32(38-30)27-15-17-28(35-8)18-16-27/h13-20,24-26,30-32H,9-12,21-22H2,1-8H3/t24-,25-,26-,30+,31+,32+/m1/s1. The van der Waals surface area contributed by atoms with E-state index in [1.807, 2.05) is 31.2 Å². The van der Waals surface area contributed by atoms with Gasteiger partial charge in [-0.05, 0) is 55.7 Å². The molecule has 0 amide bonds. The molecule has 0 spiro atoms. The van der Waals surface area contributed by atoms with Crippen LogP contribution in [0, 0.1) is 24.7 Å². The molecule has 2 aromatic carbocycles. The third-order valence-electron chi connectivity index (χ3n) is 8.83. The van der Waals surface area contributed by atoms with E-state index in [2.05, 4.69) is 41.5 Å². The Morgan fingerprint density at radius 2 is 1.59 bits per heavy atom. The molecule has 41 heavy (non-hydrogen) atoms. The van der Waals surface area contributed by atoms with Crippen molar-refractivity contribution in [3.63, 3.8) is 0 Å². The van der Waals surface area contributed by atoms with Crippen LogP contribution in [0.15, 0.2) is 53.4 Å². The number of hydrogen-bond donors (Lipinski definition) is 0. The Kier molecular flexibility index (Phi) is 12.4. The van der Waals surface area contributed by atoms with Crippen LogP contribution >= 0.6 is 0 Å². The maximum Gasteiger partial charge on any atom is 0.296 e. The minimum atomic E-state index is -3.89. The van der Waals surface area contributed by atoms with Gasteiger partial charge in [0, 0.05) is 23.3 Å². The molecule has 0 radical (unpaired) electrons. The summed E-state index contributed by atoms with van der Waals surface area (Å²) in [5, 5.41) is 0. The van der Waals surface area contributed by atoms with Crippen molar-refractivity contribution in [3.8, 4) is 5.75 Å². The van der Waals surface area contributed by atoms with Gasteiger partial charge >= 0.3 is 0 Å². The van der Waals surface area contributed by atoms with Crippen LogP contribution in [0.4, 0.5) is 0 Å². The third kappa shape index (κ3) is 8.42. The molecule has 3 rings (SSSR count). The van der Waals surface area contributed by atoms with E-state index in [1.54, 1.807) is 31.4 Å². The van der Waals surface area contributed by atoms with Crippen molar-refractivity contribution in [2.24, 2.45) is 17.8 Å². The van der Waals surface area contributed by atoms with E-state index in [0.717, 1.165) is 41.4 Å². The van der Waals surface area contributed by atoms with E-state index in [4.69, 9.17) is 22.8 Å². The van der Waals surface area contributed by atoms with Crippen molar-refractivity contribution in [2.45, 2.75) is 96.4 Å². The molecule has 1 saturated heterocycles. The van der Waals surface area contributed by atoms with Crippen LogP contribution in [-0.2, 0) is 28.2 Å². The normalized spacial score (nSPS) is 22.2. The summed E-state index contributed by atoms with van der Waals surface area (Å²) >= 11 is 0. The first-order chi connectivity index (χ1) is 19.5. The summed E-state index contributed by atoms with van der Waals surface area (Å²) in [7, 11) is -4.30. The summed E-state index contributed by atoms with van der Waals surface area (Å²) in [6.07, 6.45) is -0.129. The second-order valence-electron chi connectivity index (χ2n) is 11.4. The third-order valence-corrected chi connectivity index (χ3v) is 14.8. The highest BCUT2D eigenvalue weighted by Gasteiger charge is 2.43. The summed E-state index contributed by atoms with van der Waals surface area (Å²) < 4.78 is 57.2. The zero-order valence-corrected chi connectivity index (χ0v) is 27.9. The molecule has 0 aliphatic carbocycles. The van der Waals surface area contributed by atoms with Crippen LogP contribution in [0.2, 0.25) is 18.1 Å². The Morgan fingerprint density at radius 3 is 2.12 bits per heavy atom. The molecule has 1 aliphatic heterocycles. The van der Waals surface area contributed by atoms with Crippen molar-refractivity contribution in [1.29, 1.82) is 0 Å². The molecule has 0 unspecified atom stereocenters. The van der Waals surface area contributed by atoms with Crippen molar-refractivity contribution >= 4 is 18.4 Å². The second kappa shape index (κ2) is 15.1. The summed E-state index contributed by atoms with van der Waals surface area (Å²) in [6.45, 7) is 15.6. The fourth-order valence-corrected chi connectivity index (χ4v) is 9.68. The molecule has 0 saturated carbocycles. The average Bonchev–Trinajstić information content (AvgIpc) is 2.99. The zero-order chi connectivity index (χ0) is 30.2. The van der Waals surface area contributed by atoms with Gasteiger partial charge in [-0.15, -0.1) is 0 Å². The number of rotatable bonds is 15. The van der Waals surface area contributed by atoms with Crippen molar-refractivity contribution in [1.82, 2.24) is 0 Å². The lowest BCUT2D eigenvalue weighted by molar-refractivity contribution is -0.257. The molecule has 230 valence electrons. The van der Waals surface area contributed by atoms with Crippen LogP contribution in [0.5, 0.6) is 5.75 Å². The molecule has 1 heterocycles. The highest BCUT2D eigenvalue weighted by Crippen LogP contribution is 2.39. The van der Waals surface area contributed by atoms with E-state index < -0.39 is 24.7 Å². The summed E-state index contributed by atoms with van der Waals surface area (Å²) in [5.41, 5.74) is 1.93. The second-order valence-corrected chi connectivity index (χ2v) is 17.8. The van der Waals surface area contributed by atoms with Crippen molar-refractivity contribution in [3.05, 3.63) is 59.7 Å². The quantitative estimate of drug-likeness (QED) is 0.153. The SMILES string of the molecule is CC[C@H](COS(=O)(=O)c1ccc(C)cc1)[C@@H](O[Si](CC)(CC)CC)[C@H](C)[C@H]1O[C@@H](c2ccc(OC)cc2)OC[C@H]1C. The number of ether oxygens (including phenoxy) is 3. The van der Waals surface area contributed by atoms with Gasteiger partial charge in [-0.25, -0.2) is 0 Å². The lowest BCUT2D eigenvalue weighted by atomic mass is 9.82. The summed E-state index contributed by atoms with van der Waals surface area (Å²) in [5.74, 6) is 0.783. The predicted molar refractivity (Wildman–Crippen MR) is 165 cm³/mol. The molecule has 0 aromatic heterocycles. The van der Waals surface area contributed by atoms with Crippen molar-refractivity contribution in [2.75, 3.05) is 20.3 Å². The number of aryl methyl sites for hydroxylation is 1. The number of benzene rings is 2. The Morgan fingerprint density at radius 1 is 0.976 bits per heavy atom.